The number of hydrogen-bond acceptors (Lipinski definition) is 4. The number of methoxy groups -OCH3 is 1. The van der Waals surface area contributed by atoms with Crippen LogP contribution in [0.1, 0.15) is 16.8 Å². The first kappa shape index (κ1) is 15.9. The summed E-state index contributed by atoms with van der Waals surface area (Å²) in [4.78, 5) is 11.0. The summed E-state index contributed by atoms with van der Waals surface area (Å²) in [6.45, 7) is 0.326. The lowest BCUT2D eigenvalue weighted by Gasteiger charge is -2.10. The van der Waals surface area contributed by atoms with Crippen LogP contribution in [0.4, 0.5) is 5.69 Å². The Kier molecular flexibility index (Phi) is 5.77. The maximum atomic E-state index is 11.8. The second kappa shape index (κ2) is 6.88. The van der Waals surface area contributed by atoms with Gasteiger partial charge in [-0.05, 0) is 24.6 Å². The van der Waals surface area contributed by atoms with Crippen LogP contribution in [0.15, 0.2) is 22.7 Å². The lowest BCUT2D eigenvalue weighted by molar-refractivity contribution is 0.0698. The molecule has 0 spiro atoms. The first-order valence-corrected chi connectivity index (χ1v) is 7.82. The molecule has 0 aliphatic rings. The second-order valence-electron chi connectivity index (χ2n) is 3.76. The SMILES string of the molecule is COCCCS(=O)(=O)Nc1ccc(Br)cc1C(=O)O. The van der Waals surface area contributed by atoms with Gasteiger partial charge in [0.15, 0.2) is 0 Å². The van der Waals surface area contributed by atoms with Crippen LogP contribution in [0.5, 0.6) is 0 Å². The van der Waals surface area contributed by atoms with Gasteiger partial charge >= 0.3 is 5.97 Å². The number of halogens is 1. The van der Waals surface area contributed by atoms with Crippen molar-refractivity contribution >= 4 is 37.6 Å². The topological polar surface area (TPSA) is 92.7 Å². The number of benzene rings is 1. The van der Waals surface area contributed by atoms with E-state index in [2.05, 4.69) is 20.7 Å². The van der Waals surface area contributed by atoms with Crippen molar-refractivity contribution in [2.45, 2.75) is 6.42 Å². The molecule has 0 heterocycles. The summed E-state index contributed by atoms with van der Waals surface area (Å²) >= 11 is 3.14. The average molecular weight is 352 g/mol. The largest absolute Gasteiger partial charge is 0.478 e. The average Bonchev–Trinajstić information content (AvgIpc) is 2.31. The van der Waals surface area contributed by atoms with Crippen LogP contribution in [0.2, 0.25) is 0 Å². The molecule has 1 aromatic rings. The van der Waals surface area contributed by atoms with Gasteiger partial charge in [-0.2, -0.15) is 0 Å². The third kappa shape index (κ3) is 5.17. The predicted molar refractivity (Wildman–Crippen MR) is 75.0 cm³/mol. The highest BCUT2D eigenvalue weighted by atomic mass is 79.9. The van der Waals surface area contributed by atoms with Gasteiger partial charge in [0, 0.05) is 18.2 Å². The molecule has 0 fully saturated rings. The molecular formula is C11H14BrNO5S. The minimum Gasteiger partial charge on any atom is -0.478 e. The van der Waals surface area contributed by atoms with Crippen molar-refractivity contribution in [1.29, 1.82) is 0 Å². The van der Waals surface area contributed by atoms with E-state index in [1.165, 1.54) is 19.2 Å². The van der Waals surface area contributed by atoms with Crippen molar-refractivity contribution < 1.29 is 23.1 Å². The van der Waals surface area contributed by atoms with Gasteiger partial charge in [-0.15, -0.1) is 0 Å². The summed E-state index contributed by atoms with van der Waals surface area (Å²) in [6.07, 6.45) is 0.338. The molecule has 0 amide bonds. The number of ether oxygens (including phenoxy) is 1. The third-order valence-corrected chi connectivity index (χ3v) is 4.09. The molecule has 2 N–H and O–H groups in total. The summed E-state index contributed by atoms with van der Waals surface area (Å²) in [5.74, 6) is -1.33. The van der Waals surface area contributed by atoms with Gasteiger partial charge in [0.2, 0.25) is 10.0 Å². The molecule has 0 bridgehead atoms. The van der Waals surface area contributed by atoms with Gasteiger partial charge in [0.05, 0.1) is 17.0 Å². The molecule has 6 nitrogen and oxygen atoms in total. The number of aromatic carboxylic acids is 1. The molecule has 0 aliphatic carbocycles. The number of anilines is 1. The monoisotopic (exact) mass is 351 g/mol. The van der Waals surface area contributed by atoms with Crippen LogP contribution < -0.4 is 4.72 Å². The molecule has 0 saturated carbocycles. The Morgan fingerprint density at radius 2 is 2.16 bits per heavy atom. The van der Waals surface area contributed by atoms with Gasteiger partial charge in [-0.3, -0.25) is 4.72 Å². The van der Waals surface area contributed by atoms with E-state index in [-0.39, 0.29) is 17.0 Å². The first-order chi connectivity index (χ1) is 8.85. The summed E-state index contributed by atoms with van der Waals surface area (Å²) < 4.78 is 31.1. The summed E-state index contributed by atoms with van der Waals surface area (Å²) in [5.41, 5.74) is -0.0576. The van der Waals surface area contributed by atoms with Crippen molar-refractivity contribution in [2.24, 2.45) is 0 Å². The molecule has 0 aromatic heterocycles. The van der Waals surface area contributed by atoms with Crippen LogP contribution >= 0.6 is 15.9 Å². The fraction of sp³-hybridized carbons (Fsp3) is 0.364. The minimum absolute atomic E-state index is 0.0492. The third-order valence-electron chi connectivity index (χ3n) is 2.24. The van der Waals surface area contributed by atoms with Crippen molar-refractivity contribution in [3.8, 4) is 0 Å². The molecule has 0 aliphatic heterocycles. The Bertz CT molecular complexity index is 558. The quantitative estimate of drug-likeness (QED) is 0.732. The van der Waals surface area contributed by atoms with Crippen LogP contribution in [0.3, 0.4) is 0 Å². The van der Waals surface area contributed by atoms with Crippen molar-refractivity contribution in [3.05, 3.63) is 28.2 Å². The highest BCUT2D eigenvalue weighted by molar-refractivity contribution is 9.10. The van der Waals surface area contributed by atoms with E-state index in [0.29, 0.717) is 17.5 Å². The molecular weight excluding hydrogens is 338 g/mol. The number of carbonyl (C=O) groups is 1. The molecule has 19 heavy (non-hydrogen) atoms. The number of carboxylic acid groups (broad SMARTS) is 1. The van der Waals surface area contributed by atoms with Crippen LogP contribution in [0, 0.1) is 0 Å². The van der Waals surface area contributed by atoms with Gasteiger partial charge < -0.3 is 9.84 Å². The zero-order chi connectivity index (χ0) is 14.5. The Morgan fingerprint density at radius 1 is 1.47 bits per heavy atom. The van der Waals surface area contributed by atoms with Crippen molar-refractivity contribution in [2.75, 3.05) is 24.2 Å². The molecule has 0 atom stereocenters. The standard InChI is InChI=1S/C11H14BrNO5S/c1-18-5-2-6-19(16,17)13-10-4-3-8(12)7-9(10)11(14)15/h3-4,7,13H,2,5-6H2,1H3,(H,14,15). The van der Waals surface area contributed by atoms with Gasteiger partial charge in [0.25, 0.3) is 0 Å². The normalized spacial score (nSPS) is 11.3. The van der Waals surface area contributed by atoms with Crippen molar-refractivity contribution in [3.63, 3.8) is 0 Å². The Balaban J connectivity index is 2.90. The summed E-state index contributed by atoms with van der Waals surface area (Å²) in [5, 5.41) is 9.03. The zero-order valence-electron chi connectivity index (χ0n) is 10.2. The maximum Gasteiger partial charge on any atom is 0.337 e. The predicted octanol–water partition coefficient (Wildman–Crippen LogP) is 1.93. The van der Waals surface area contributed by atoms with E-state index in [0.717, 1.165) is 0 Å². The lowest BCUT2D eigenvalue weighted by Crippen LogP contribution is -2.19. The minimum atomic E-state index is -3.58. The van der Waals surface area contributed by atoms with Gasteiger partial charge in [-0.1, -0.05) is 15.9 Å². The van der Waals surface area contributed by atoms with E-state index < -0.39 is 16.0 Å². The fourth-order valence-corrected chi connectivity index (χ4v) is 2.87. The van der Waals surface area contributed by atoms with E-state index in [4.69, 9.17) is 9.84 Å². The molecule has 0 saturated heterocycles. The molecule has 0 radical (unpaired) electrons. The van der Waals surface area contributed by atoms with Gasteiger partial charge in [0.1, 0.15) is 0 Å². The lowest BCUT2D eigenvalue weighted by atomic mass is 10.2. The number of nitrogens with one attached hydrogen (secondary N) is 1. The number of carboxylic acids is 1. The smallest absolute Gasteiger partial charge is 0.337 e. The number of sulfonamides is 1. The second-order valence-corrected chi connectivity index (χ2v) is 6.52. The number of rotatable bonds is 7. The van der Waals surface area contributed by atoms with E-state index >= 15 is 0 Å². The Morgan fingerprint density at radius 3 is 2.74 bits per heavy atom. The number of hydrogen-bond donors (Lipinski definition) is 2. The van der Waals surface area contributed by atoms with E-state index in [1.54, 1.807) is 6.07 Å². The molecule has 1 aromatic carbocycles. The Labute approximate surface area is 120 Å². The van der Waals surface area contributed by atoms with Crippen LogP contribution in [-0.4, -0.2) is 39.0 Å². The first-order valence-electron chi connectivity index (χ1n) is 5.38. The Hall–Kier alpha value is -1.12. The molecule has 0 unspecified atom stereocenters. The molecule has 1 rings (SSSR count). The summed E-state index contributed by atoms with van der Waals surface area (Å²) in [7, 11) is -2.10. The highest BCUT2D eigenvalue weighted by Gasteiger charge is 2.16. The van der Waals surface area contributed by atoms with Crippen LogP contribution in [0.25, 0.3) is 0 Å². The maximum absolute atomic E-state index is 11.8. The fourth-order valence-electron chi connectivity index (χ4n) is 1.39. The highest BCUT2D eigenvalue weighted by Crippen LogP contribution is 2.22. The van der Waals surface area contributed by atoms with E-state index in [9.17, 15) is 13.2 Å². The summed E-state index contributed by atoms with van der Waals surface area (Å²) in [6, 6.07) is 4.32. The molecule has 106 valence electrons. The zero-order valence-corrected chi connectivity index (χ0v) is 12.6. The molecule has 8 heteroatoms. The van der Waals surface area contributed by atoms with Crippen molar-refractivity contribution in [1.82, 2.24) is 0 Å². The van der Waals surface area contributed by atoms with Gasteiger partial charge in [-0.25, -0.2) is 13.2 Å². The van der Waals surface area contributed by atoms with Crippen LogP contribution in [-0.2, 0) is 14.8 Å². The van der Waals surface area contributed by atoms with E-state index in [1.807, 2.05) is 0 Å².